The monoisotopic (exact) mass is 279 g/mol. The van der Waals surface area contributed by atoms with Gasteiger partial charge in [0.2, 0.25) is 0 Å². The number of nitrogens with zero attached hydrogens (tertiary/aromatic N) is 2. The van der Waals surface area contributed by atoms with E-state index in [9.17, 15) is 4.21 Å². The summed E-state index contributed by atoms with van der Waals surface area (Å²) in [5, 5.41) is 9.03. The number of rotatable bonds is 4. The number of nitrogens with one attached hydrogen (secondary N) is 1. The highest BCUT2D eigenvalue weighted by atomic mass is 32.2. The lowest BCUT2D eigenvalue weighted by atomic mass is 10.2. The molecule has 0 amide bonds. The number of hydrogen-bond acceptors (Lipinski definition) is 3. The molecule has 94 valence electrons. The summed E-state index contributed by atoms with van der Waals surface area (Å²) in [4.78, 5) is 3.04. The van der Waals surface area contributed by atoms with E-state index in [4.69, 9.17) is 17.5 Å². The predicted octanol–water partition coefficient (Wildman–Crippen LogP) is 2.34. The van der Waals surface area contributed by atoms with Crippen LogP contribution >= 0.6 is 12.2 Å². The van der Waals surface area contributed by atoms with Gasteiger partial charge in [-0.2, -0.15) is 5.26 Å². The summed E-state index contributed by atoms with van der Waals surface area (Å²) in [6.07, 6.45) is 0. The van der Waals surface area contributed by atoms with Crippen LogP contribution in [0.3, 0.4) is 0 Å². The van der Waals surface area contributed by atoms with E-state index in [1.54, 1.807) is 6.07 Å². The summed E-state index contributed by atoms with van der Waals surface area (Å²) in [6.45, 7) is 2.51. The van der Waals surface area contributed by atoms with Crippen LogP contribution < -0.4 is 0 Å². The molecule has 0 spiro atoms. The molecule has 0 aliphatic rings. The third kappa shape index (κ3) is 2.37. The molecule has 1 aromatic heterocycles. The van der Waals surface area contributed by atoms with Crippen molar-refractivity contribution in [2.75, 3.05) is 11.5 Å². The van der Waals surface area contributed by atoms with Gasteiger partial charge in [-0.3, -0.25) is 4.21 Å². The highest BCUT2D eigenvalue weighted by Gasteiger charge is 2.08. The lowest BCUT2D eigenvalue weighted by Gasteiger charge is -2.03. The Morgan fingerprint density at radius 1 is 1.56 bits per heavy atom. The standard InChI is InChI=1S/C12H13N3OS2/c1-2-18(16)7-6-15-10-5-3-4-9(8-13)11(10)14-12(15)17/h3-5H,2,6-7H2,1H3,(H,14,17). The molecule has 0 radical (unpaired) electrons. The van der Waals surface area contributed by atoms with Crippen molar-refractivity contribution >= 4 is 34.1 Å². The number of aryl methyl sites for hydroxylation is 1. The van der Waals surface area contributed by atoms with E-state index in [-0.39, 0.29) is 0 Å². The molecule has 0 bridgehead atoms. The van der Waals surface area contributed by atoms with Crippen molar-refractivity contribution in [3.63, 3.8) is 0 Å². The fourth-order valence-electron chi connectivity index (χ4n) is 1.83. The third-order valence-electron chi connectivity index (χ3n) is 2.80. The summed E-state index contributed by atoms with van der Waals surface area (Å²) in [6, 6.07) is 7.63. The highest BCUT2D eigenvalue weighted by molar-refractivity contribution is 7.84. The summed E-state index contributed by atoms with van der Waals surface area (Å²) in [7, 11) is -0.816. The number of imidazole rings is 1. The zero-order valence-corrected chi connectivity index (χ0v) is 11.6. The molecule has 1 N–H and O–H groups in total. The zero-order valence-electron chi connectivity index (χ0n) is 9.97. The van der Waals surface area contributed by atoms with Crippen LogP contribution in [0.4, 0.5) is 0 Å². The minimum Gasteiger partial charge on any atom is -0.329 e. The van der Waals surface area contributed by atoms with Gasteiger partial charge in [-0.05, 0) is 24.4 Å². The van der Waals surface area contributed by atoms with Crippen LogP contribution in [-0.4, -0.2) is 25.3 Å². The topological polar surface area (TPSA) is 61.6 Å². The zero-order chi connectivity index (χ0) is 13.1. The number of para-hydroxylation sites is 1. The van der Waals surface area contributed by atoms with Gasteiger partial charge < -0.3 is 9.55 Å². The van der Waals surface area contributed by atoms with Crippen molar-refractivity contribution in [3.8, 4) is 6.07 Å². The van der Waals surface area contributed by atoms with Crippen LogP contribution in [0.15, 0.2) is 18.2 Å². The second-order valence-corrected chi connectivity index (χ2v) is 6.08. The minimum absolute atomic E-state index is 0.570. The van der Waals surface area contributed by atoms with E-state index in [2.05, 4.69) is 11.1 Å². The lowest BCUT2D eigenvalue weighted by molar-refractivity contribution is 0.675. The number of aromatic amines is 1. The van der Waals surface area contributed by atoms with Crippen LogP contribution in [0.1, 0.15) is 12.5 Å². The van der Waals surface area contributed by atoms with Crippen LogP contribution in [0.2, 0.25) is 0 Å². The number of benzene rings is 1. The van der Waals surface area contributed by atoms with E-state index < -0.39 is 10.8 Å². The number of H-pyrrole nitrogens is 1. The number of hydrogen-bond donors (Lipinski definition) is 1. The molecule has 1 aromatic carbocycles. The average Bonchev–Trinajstić information content (AvgIpc) is 2.71. The van der Waals surface area contributed by atoms with Gasteiger partial charge in [0, 0.05) is 28.9 Å². The summed E-state index contributed by atoms with van der Waals surface area (Å²) in [5.41, 5.74) is 2.23. The smallest absolute Gasteiger partial charge is 0.178 e. The molecule has 0 aliphatic heterocycles. The second kappa shape index (κ2) is 5.46. The Balaban J connectivity index is 2.46. The van der Waals surface area contributed by atoms with E-state index in [0.717, 1.165) is 11.0 Å². The van der Waals surface area contributed by atoms with Crippen molar-refractivity contribution in [2.45, 2.75) is 13.5 Å². The van der Waals surface area contributed by atoms with Gasteiger partial charge in [0.25, 0.3) is 0 Å². The summed E-state index contributed by atoms with van der Waals surface area (Å²) < 4.78 is 14.0. The number of fused-ring (bicyclic) bond motifs is 1. The van der Waals surface area contributed by atoms with E-state index >= 15 is 0 Å². The molecular weight excluding hydrogens is 266 g/mol. The summed E-state index contributed by atoms with van der Waals surface area (Å²) in [5.74, 6) is 1.23. The third-order valence-corrected chi connectivity index (χ3v) is 4.40. The average molecular weight is 279 g/mol. The first kappa shape index (κ1) is 13.0. The van der Waals surface area contributed by atoms with Crippen molar-refractivity contribution in [3.05, 3.63) is 28.5 Å². The molecule has 18 heavy (non-hydrogen) atoms. The Morgan fingerprint density at radius 3 is 3.00 bits per heavy atom. The molecule has 0 saturated heterocycles. The SMILES string of the molecule is CCS(=O)CCn1c(=S)[nH]c2c(C#N)cccc21. The largest absolute Gasteiger partial charge is 0.329 e. The molecule has 0 fully saturated rings. The molecule has 0 aliphatic carbocycles. The Morgan fingerprint density at radius 2 is 2.33 bits per heavy atom. The van der Waals surface area contributed by atoms with Crippen LogP contribution in [0.25, 0.3) is 11.0 Å². The van der Waals surface area contributed by atoms with E-state index in [1.165, 1.54) is 0 Å². The van der Waals surface area contributed by atoms with E-state index in [0.29, 0.717) is 28.4 Å². The van der Waals surface area contributed by atoms with Gasteiger partial charge >= 0.3 is 0 Å². The van der Waals surface area contributed by atoms with Gasteiger partial charge in [0.05, 0.1) is 16.6 Å². The highest BCUT2D eigenvalue weighted by Crippen LogP contribution is 2.17. The maximum Gasteiger partial charge on any atom is 0.178 e. The fraction of sp³-hybridized carbons (Fsp3) is 0.333. The Bertz CT molecular complexity index is 693. The maximum atomic E-state index is 11.5. The molecule has 4 nitrogen and oxygen atoms in total. The van der Waals surface area contributed by atoms with Crippen molar-refractivity contribution < 1.29 is 4.21 Å². The molecule has 1 heterocycles. The molecule has 1 atom stereocenters. The first-order chi connectivity index (χ1) is 8.67. The van der Waals surface area contributed by atoms with Gasteiger partial charge in [-0.25, -0.2) is 0 Å². The molecular formula is C12H13N3OS2. The Labute approximate surface area is 113 Å². The van der Waals surface area contributed by atoms with Crippen LogP contribution in [-0.2, 0) is 17.3 Å². The second-order valence-electron chi connectivity index (χ2n) is 3.83. The minimum atomic E-state index is -0.816. The quantitative estimate of drug-likeness (QED) is 0.874. The van der Waals surface area contributed by atoms with Crippen LogP contribution in [0, 0.1) is 16.1 Å². The van der Waals surface area contributed by atoms with Crippen molar-refractivity contribution in [1.82, 2.24) is 9.55 Å². The lowest BCUT2D eigenvalue weighted by Crippen LogP contribution is -2.08. The normalized spacial score (nSPS) is 12.4. The van der Waals surface area contributed by atoms with Crippen molar-refractivity contribution in [2.24, 2.45) is 0 Å². The first-order valence-electron chi connectivity index (χ1n) is 5.64. The van der Waals surface area contributed by atoms with Crippen molar-refractivity contribution in [1.29, 1.82) is 5.26 Å². The summed E-state index contributed by atoms with van der Waals surface area (Å²) >= 11 is 5.25. The van der Waals surface area contributed by atoms with Gasteiger partial charge in [-0.15, -0.1) is 0 Å². The molecule has 1 unspecified atom stereocenters. The predicted molar refractivity (Wildman–Crippen MR) is 75.4 cm³/mol. The molecule has 2 rings (SSSR count). The fourth-order valence-corrected chi connectivity index (χ4v) is 2.80. The maximum absolute atomic E-state index is 11.5. The van der Waals surface area contributed by atoms with Crippen LogP contribution in [0.5, 0.6) is 0 Å². The Hall–Kier alpha value is -1.45. The number of aromatic nitrogens is 2. The van der Waals surface area contributed by atoms with Gasteiger partial charge in [0.1, 0.15) is 6.07 Å². The van der Waals surface area contributed by atoms with Gasteiger partial charge in [-0.1, -0.05) is 13.0 Å². The molecule has 0 saturated carbocycles. The first-order valence-corrected chi connectivity index (χ1v) is 7.53. The van der Waals surface area contributed by atoms with Gasteiger partial charge in [0.15, 0.2) is 4.77 Å². The molecule has 2 aromatic rings. The number of nitriles is 1. The molecule has 6 heteroatoms. The van der Waals surface area contributed by atoms with E-state index in [1.807, 2.05) is 23.6 Å². The Kier molecular flexibility index (Phi) is 3.94.